The van der Waals surface area contributed by atoms with Crippen LogP contribution in [0.4, 0.5) is 4.79 Å². The van der Waals surface area contributed by atoms with E-state index >= 15 is 0 Å². The Morgan fingerprint density at radius 1 is 1.50 bits per heavy atom. The molecular weight excluding hydrogens is 218 g/mol. The van der Waals surface area contributed by atoms with Gasteiger partial charge in [0, 0.05) is 12.8 Å². The van der Waals surface area contributed by atoms with E-state index in [2.05, 4.69) is 16.7 Å². The highest BCUT2D eigenvalue weighted by molar-refractivity contribution is 6.01. The van der Waals surface area contributed by atoms with Gasteiger partial charge >= 0.3 is 6.09 Å². The highest BCUT2D eigenvalue weighted by Crippen LogP contribution is 2.13. The Kier molecular flexibility index (Phi) is 3.70. The zero-order valence-corrected chi connectivity index (χ0v) is 8.29. The smallest absolute Gasteiger partial charge is 0.309 e. The third-order valence-corrected chi connectivity index (χ3v) is 1.79. The number of amides is 3. The molecule has 1 heterocycles. The van der Waals surface area contributed by atoms with Crippen molar-refractivity contribution in [3.05, 3.63) is 17.6 Å². The molecular formula is C8H9N3O5. The van der Waals surface area contributed by atoms with E-state index < -0.39 is 17.9 Å². The maximum atomic E-state index is 11.2. The second kappa shape index (κ2) is 5.01. The van der Waals surface area contributed by atoms with E-state index in [4.69, 9.17) is 0 Å². The SMILES string of the molecule is C=CCN(N=O)C(=O)ON1C(=O)CCC1=O. The topological polar surface area (TPSA) is 96.3 Å². The maximum Gasteiger partial charge on any atom is 0.458 e. The van der Waals surface area contributed by atoms with Crippen molar-refractivity contribution in [2.45, 2.75) is 12.8 Å². The van der Waals surface area contributed by atoms with Crippen LogP contribution in [0.5, 0.6) is 0 Å². The lowest BCUT2D eigenvalue weighted by Crippen LogP contribution is -2.37. The van der Waals surface area contributed by atoms with Gasteiger partial charge in [-0.3, -0.25) is 9.59 Å². The second-order valence-corrected chi connectivity index (χ2v) is 2.89. The summed E-state index contributed by atoms with van der Waals surface area (Å²) in [5.74, 6) is -1.24. The van der Waals surface area contributed by atoms with Gasteiger partial charge in [-0.25, -0.2) is 4.79 Å². The molecule has 0 atom stereocenters. The van der Waals surface area contributed by atoms with Crippen molar-refractivity contribution in [1.82, 2.24) is 10.1 Å². The van der Waals surface area contributed by atoms with E-state index in [1.807, 2.05) is 0 Å². The molecule has 1 fully saturated rings. The van der Waals surface area contributed by atoms with Crippen molar-refractivity contribution in [2.75, 3.05) is 6.54 Å². The summed E-state index contributed by atoms with van der Waals surface area (Å²) in [6, 6.07) is 0. The summed E-state index contributed by atoms with van der Waals surface area (Å²) in [4.78, 5) is 48.0. The van der Waals surface area contributed by atoms with Crippen LogP contribution >= 0.6 is 0 Å². The van der Waals surface area contributed by atoms with Gasteiger partial charge in [0.15, 0.2) is 0 Å². The molecule has 0 unspecified atom stereocenters. The Bertz CT molecular complexity index is 338. The minimum absolute atomic E-state index is 0.0118. The first-order chi connectivity index (χ1) is 7.60. The molecule has 16 heavy (non-hydrogen) atoms. The molecule has 0 bridgehead atoms. The van der Waals surface area contributed by atoms with Crippen molar-refractivity contribution in [3.8, 4) is 0 Å². The van der Waals surface area contributed by atoms with Crippen LogP contribution in [0.25, 0.3) is 0 Å². The summed E-state index contributed by atoms with van der Waals surface area (Å²) in [6.45, 7) is 3.13. The molecule has 0 saturated carbocycles. The predicted molar refractivity (Wildman–Crippen MR) is 50.3 cm³/mol. The average Bonchev–Trinajstić information content (AvgIpc) is 2.57. The van der Waals surface area contributed by atoms with E-state index in [9.17, 15) is 19.3 Å². The monoisotopic (exact) mass is 227 g/mol. The van der Waals surface area contributed by atoms with E-state index in [0.717, 1.165) is 0 Å². The molecule has 0 aromatic heterocycles. The fourth-order valence-corrected chi connectivity index (χ4v) is 1.05. The fraction of sp³-hybridized carbons (Fsp3) is 0.375. The first-order valence-corrected chi connectivity index (χ1v) is 4.39. The lowest BCUT2D eigenvalue weighted by Gasteiger charge is -2.15. The molecule has 1 saturated heterocycles. The van der Waals surface area contributed by atoms with E-state index in [-0.39, 0.29) is 19.4 Å². The number of hydrogen-bond donors (Lipinski definition) is 0. The number of nitroso groups, excluding NO2 is 1. The lowest BCUT2D eigenvalue weighted by molar-refractivity contribution is -0.173. The molecule has 0 spiro atoms. The predicted octanol–water partition coefficient (Wildman–Crippen LogP) is 0.356. The first-order valence-electron chi connectivity index (χ1n) is 4.39. The molecule has 0 radical (unpaired) electrons. The number of imide groups is 1. The summed E-state index contributed by atoms with van der Waals surface area (Å²) < 4.78 is 0. The summed E-state index contributed by atoms with van der Waals surface area (Å²) >= 11 is 0. The number of hydrogen-bond acceptors (Lipinski definition) is 6. The normalized spacial score (nSPS) is 14.9. The summed E-state index contributed by atoms with van der Waals surface area (Å²) in [5, 5.41) is 3.09. The average molecular weight is 227 g/mol. The zero-order valence-electron chi connectivity index (χ0n) is 8.29. The van der Waals surface area contributed by atoms with E-state index in [1.54, 1.807) is 0 Å². The van der Waals surface area contributed by atoms with Gasteiger partial charge in [0.1, 0.15) is 0 Å². The fourth-order valence-electron chi connectivity index (χ4n) is 1.05. The zero-order chi connectivity index (χ0) is 12.1. The highest BCUT2D eigenvalue weighted by Gasteiger charge is 2.34. The largest absolute Gasteiger partial charge is 0.458 e. The third kappa shape index (κ3) is 2.41. The molecule has 0 aromatic rings. The van der Waals surface area contributed by atoms with Crippen LogP contribution in [0.15, 0.2) is 17.9 Å². The van der Waals surface area contributed by atoms with Crippen molar-refractivity contribution in [1.29, 1.82) is 0 Å². The number of carbonyl (C=O) groups excluding carboxylic acids is 3. The van der Waals surface area contributed by atoms with Crippen LogP contribution in [0.2, 0.25) is 0 Å². The van der Waals surface area contributed by atoms with Crippen molar-refractivity contribution in [3.63, 3.8) is 0 Å². The highest BCUT2D eigenvalue weighted by atomic mass is 16.7. The second-order valence-electron chi connectivity index (χ2n) is 2.89. The van der Waals surface area contributed by atoms with Crippen LogP contribution in [-0.4, -0.2) is 34.5 Å². The molecule has 3 amide bonds. The maximum absolute atomic E-state index is 11.2. The van der Waals surface area contributed by atoms with Crippen molar-refractivity contribution < 1.29 is 19.2 Å². The molecule has 86 valence electrons. The van der Waals surface area contributed by atoms with Gasteiger partial charge in [0.05, 0.1) is 11.8 Å². The van der Waals surface area contributed by atoms with Gasteiger partial charge < -0.3 is 4.84 Å². The number of hydroxylamine groups is 2. The standard InChI is InChI=1S/C8H9N3O5/c1-2-5-10(9-15)8(14)16-11-6(12)3-4-7(11)13/h2H,1,3-5H2. The molecule has 8 nitrogen and oxygen atoms in total. The quantitative estimate of drug-likeness (QED) is 0.299. The molecule has 1 aliphatic heterocycles. The summed E-state index contributed by atoms with van der Waals surface area (Å²) in [5.41, 5.74) is 0. The minimum atomic E-state index is -1.20. The number of carbonyl (C=O) groups is 3. The van der Waals surface area contributed by atoms with Crippen LogP contribution < -0.4 is 0 Å². The van der Waals surface area contributed by atoms with E-state index in [0.29, 0.717) is 10.1 Å². The van der Waals surface area contributed by atoms with Gasteiger partial charge in [0.25, 0.3) is 11.8 Å². The van der Waals surface area contributed by atoms with Gasteiger partial charge in [-0.1, -0.05) is 6.08 Å². The van der Waals surface area contributed by atoms with Crippen molar-refractivity contribution >= 4 is 17.9 Å². The number of rotatable bonds is 4. The van der Waals surface area contributed by atoms with Gasteiger partial charge in [-0.05, 0) is 0 Å². The third-order valence-electron chi connectivity index (χ3n) is 1.79. The molecule has 8 heteroatoms. The first kappa shape index (κ1) is 11.8. The number of nitrogens with zero attached hydrogens (tertiary/aromatic N) is 3. The lowest BCUT2D eigenvalue weighted by atomic mass is 10.4. The van der Waals surface area contributed by atoms with Crippen LogP contribution in [0.3, 0.4) is 0 Å². The molecule has 0 aliphatic carbocycles. The Morgan fingerprint density at radius 3 is 2.50 bits per heavy atom. The molecule has 0 N–H and O–H groups in total. The Morgan fingerprint density at radius 2 is 2.06 bits per heavy atom. The van der Waals surface area contributed by atoms with E-state index in [1.165, 1.54) is 6.08 Å². The summed E-state index contributed by atoms with van der Waals surface area (Å²) in [7, 11) is 0. The molecule has 1 aliphatic rings. The van der Waals surface area contributed by atoms with Crippen LogP contribution in [0.1, 0.15) is 12.8 Å². The Balaban J connectivity index is 2.62. The van der Waals surface area contributed by atoms with Gasteiger partial charge in [-0.15, -0.1) is 16.5 Å². The summed E-state index contributed by atoms with van der Waals surface area (Å²) in [6.07, 6.45) is 0.0268. The Hall–Kier alpha value is -2.25. The van der Waals surface area contributed by atoms with Gasteiger partial charge in [-0.2, -0.15) is 5.01 Å². The molecule has 0 aromatic carbocycles. The van der Waals surface area contributed by atoms with Crippen LogP contribution in [0, 0.1) is 4.91 Å². The van der Waals surface area contributed by atoms with Crippen LogP contribution in [-0.2, 0) is 14.4 Å². The van der Waals surface area contributed by atoms with Gasteiger partial charge in [0.2, 0.25) is 0 Å². The minimum Gasteiger partial charge on any atom is -0.309 e. The Labute approximate surface area is 90.3 Å². The molecule has 1 rings (SSSR count). The van der Waals surface area contributed by atoms with Crippen molar-refractivity contribution in [2.24, 2.45) is 5.29 Å².